The lowest BCUT2D eigenvalue weighted by atomic mass is 9.56. The molecule has 0 radical (unpaired) electrons. The molecule has 0 bridgehead atoms. The van der Waals surface area contributed by atoms with Gasteiger partial charge in [-0.3, -0.25) is 4.79 Å². The van der Waals surface area contributed by atoms with Crippen molar-refractivity contribution in [3.05, 3.63) is 0 Å². The van der Waals surface area contributed by atoms with Crippen molar-refractivity contribution in [2.45, 2.75) is 57.2 Å². The lowest BCUT2D eigenvalue weighted by Crippen LogP contribution is -2.62. The van der Waals surface area contributed by atoms with Gasteiger partial charge in [-0.15, -0.1) is 0 Å². The van der Waals surface area contributed by atoms with Gasteiger partial charge in [0.25, 0.3) is 0 Å². The minimum atomic E-state index is -1.15. The zero-order valence-corrected chi connectivity index (χ0v) is 8.62. The van der Waals surface area contributed by atoms with Crippen molar-refractivity contribution in [3.63, 3.8) is 0 Å². The molecule has 2 fully saturated rings. The molecule has 0 amide bonds. The number of fused-ring (bicyclic) bond motifs is 1. The van der Waals surface area contributed by atoms with Gasteiger partial charge in [0.2, 0.25) is 0 Å². The second-order valence-electron chi connectivity index (χ2n) is 4.94. The lowest BCUT2D eigenvalue weighted by molar-refractivity contribution is -0.197. The van der Waals surface area contributed by atoms with Crippen LogP contribution in [0.1, 0.15) is 45.4 Å². The quantitative estimate of drug-likeness (QED) is 0.611. The summed E-state index contributed by atoms with van der Waals surface area (Å²) in [6.45, 7) is 1.82. The van der Waals surface area contributed by atoms with Crippen molar-refractivity contribution in [2.75, 3.05) is 0 Å². The highest BCUT2D eigenvalue weighted by Gasteiger charge is 2.58. The molecular weight excluding hydrogens is 180 g/mol. The summed E-state index contributed by atoms with van der Waals surface area (Å²) in [5.41, 5.74) is -1.84. The van der Waals surface area contributed by atoms with E-state index in [4.69, 9.17) is 0 Å². The number of aliphatic hydroxyl groups is 2. The van der Waals surface area contributed by atoms with Crippen LogP contribution in [0, 0.1) is 5.41 Å². The molecule has 0 aromatic rings. The number of carbonyl (C=O) groups excluding carboxylic acids is 1. The third-order valence-electron chi connectivity index (χ3n) is 4.24. The number of Topliss-reactive ketones (excluding diaryl/α,β-unsaturated/α-hetero) is 1. The van der Waals surface area contributed by atoms with E-state index in [1.807, 2.05) is 6.92 Å². The Labute approximate surface area is 84.1 Å². The molecule has 14 heavy (non-hydrogen) atoms. The smallest absolute Gasteiger partial charge is 0.141 e. The van der Waals surface area contributed by atoms with Gasteiger partial charge in [0, 0.05) is 6.42 Å². The Morgan fingerprint density at radius 1 is 1.36 bits per heavy atom. The van der Waals surface area contributed by atoms with Crippen molar-refractivity contribution in [3.8, 4) is 0 Å². The highest BCUT2D eigenvalue weighted by atomic mass is 16.3. The number of aliphatic hydroxyl groups excluding tert-OH is 1. The van der Waals surface area contributed by atoms with Crippen LogP contribution in [0.25, 0.3) is 0 Å². The Bertz CT molecular complexity index is 263. The van der Waals surface area contributed by atoms with Gasteiger partial charge in [-0.05, 0) is 39.0 Å². The van der Waals surface area contributed by atoms with E-state index < -0.39 is 17.1 Å². The fourth-order valence-corrected chi connectivity index (χ4v) is 3.09. The van der Waals surface area contributed by atoms with E-state index in [0.29, 0.717) is 25.7 Å². The third kappa shape index (κ3) is 1.09. The zero-order valence-electron chi connectivity index (χ0n) is 8.62. The van der Waals surface area contributed by atoms with Crippen LogP contribution in [-0.4, -0.2) is 27.7 Å². The predicted octanol–water partition coefficient (Wildman–Crippen LogP) is 1.02. The first kappa shape index (κ1) is 10.1. The summed E-state index contributed by atoms with van der Waals surface area (Å²) in [4.78, 5) is 11.8. The fraction of sp³-hybridized carbons (Fsp3) is 0.909. The fourth-order valence-electron chi connectivity index (χ4n) is 3.09. The average Bonchev–Trinajstić information content (AvgIpc) is 2.13. The summed E-state index contributed by atoms with van der Waals surface area (Å²) in [5.74, 6) is 0.130. The van der Waals surface area contributed by atoms with E-state index in [0.717, 1.165) is 12.8 Å². The summed E-state index contributed by atoms with van der Waals surface area (Å²) >= 11 is 0. The molecule has 2 aliphatic rings. The summed E-state index contributed by atoms with van der Waals surface area (Å²) in [7, 11) is 0. The van der Waals surface area contributed by atoms with Crippen LogP contribution in [0.15, 0.2) is 0 Å². The zero-order chi connectivity index (χ0) is 10.4. The normalized spacial score (nSPS) is 48.8. The van der Waals surface area contributed by atoms with Crippen LogP contribution >= 0.6 is 0 Å². The number of rotatable bonds is 0. The largest absolute Gasteiger partial charge is 0.390 e. The predicted molar refractivity (Wildman–Crippen MR) is 51.8 cm³/mol. The van der Waals surface area contributed by atoms with Crippen molar-refractivity contribution in [2.24, 2.45) is 5.41 Å². The molecule has 0 unspecified atom stereocenters. The molecule has 0 heterocycles. The summed E-state index contributed by atoms with van der Waals surface area (Å²) in [6.07, 6.45) is 3.31. The van der Waals surface area contributed by atoms with Crippen LogP contribution in [0.4, 0.5) is 0 Å². The monoisotopic (exact) mass is 198 g/mol. The molecule has 3 nitrogen and oxygen atoms in total. The van der Waals surface area contributed by atoms with E-state index >= 15 is 0 Å². The van der Waals surface area contributed by atoms with Crippen molar-refractivity contribution in [1.29, 1.82) is 0 Å². The number of ketones is 1. The van der Waals surface area contributed by atoms with Gasteiger partial charge in [-0.25, -0.2) is 0 Å². The van der Waals surface area contributed by atoms with E-state index in [9.17, 15) is 15.0 Å². The Hall–Kier alpha value is -0.410. The number of carbonyl (C=O) groups is 1. The molecule has 0 aromatic carbocycles. The maximum Gasteiger partial charge on any atom is 0.141 e. The second-order valence-corrected chi connectivity index (χ2v) is 4.94. The summed E-state index contributed by atoms with van der Waals surface area (Å²) in [6, 6.07) is 0. The third-order valence-corrected chi connectivity index (χ3v) is 4.24. The molecular formula is C11H18O3. The molecule has 2 aliphatic carbocycles. The molecule has 2 rings (SSSR count). The number of hydrogen-bond acceptors (Lipinski definition) is 3. The maximum atomic E-state index is 11.8. The first-order valence-electron chi connectivity index (χ1n) is 5.44. The lowest BCUT2D eigenvalue weighted by Gasteiger charge is -2.52. The Morgan fingerprint density at radius 2 is 2.07 bits per heavy atom. The van der Waals surface area contributed by atoms with E-state index in [1.165, 1.54) is 0 Å². The standard InChI is InChI=1S/C11H18O3/c1-10-6-2-5-9(13)11(10,14)7-3-4-8(10)12/h9,13-14H,2-7H2,1H3/t9-,10+,11-/m0/s1. The molecule has 2 saturated carbocycles. The van der Waals surface area contributed by atoms with Gasteiger partial charge in [-0.2, -0.15) is 0 Å². The van der Waals surface area contributed by atoms with E-state index in [-0.39, 0.29) is 5.78 Å². The first-order valence-corrected chi connectivity index (χ1v) is 5.44. The van der Waals surface area contributed by atoms with Gasteiger partial charge in [0.1, 0.15) is 11.4 Å². The topological polar surface area (TPSA) is 57.5 Å². The molecule has 3 atom stereocenters. The molecule has 80 valence electrons. The van der Waals surface area contributed by atoms with Crippen molar-refractivity contribution >= 4 is 5.78 Å². The van der Waals surface area contributed by atoms with Gasteiger partial charge < -0.3 is 10.2 Å². The Balaban J connectivity index is 2.38. The second kappa shape index (κ2) is 3.04. The van der Waals surface area contributed by atoms with Gasteiger partial charge >= 0.3 is 0 Å². The average molecular weight is 198 g/mol. The SMILES string of the molecule is C[C@]12CCC[C@H](O)[C@@]1(O)CCCC2=O. The van der Waals surface area contributed by atoms with Crippen LogP contribution in [-0.2, 0) is 4.79 Å². The van der Waals surface area contributed by atoms with Crippen LogP contribution in [0.2, 0.25) is 0 Å². The number of hydrogen-bond donors (Lipinski definition) is 2. The van der Waals surface area contributed by atoms with Crippen molar-refractivity contribution < 1.29 is 15.0 Å². The Morgan fingerprint density at radius 3 is 2.71 bits per heavy atom. The highest BCUT2D eigenvalue weighted by Crippen LogP contribution is 2.50. The molecule has 2 N–H and O–H groups in total. The van der Waals surface area contributed by atoms with E-state index in [1.54, 1.807) is 0 Å². The Kier molecular flexibility index (Phi) is 2.20. The molecule has 0 spiro atoms. The summed E-state index contributed by atoms with van der Waals surface area (Å²) in [5, 5.41) is 20.3. The molecule has 3 heteroatoms. The summed E-state index contributed by atoms with van der Waals surface area (Å²) < 4.78 is 0. The highest BCUT2D eigenvalue weighted by molar-refractivity contribution is 5.87. The van der Waals surface area contributed by atoms with Gasteiger partial charge in [0.05, 0.1) is 11.5 Å². The minimum Gasteiger partial charge on any atom is -0.390 e. The van der Waals surface area contributed by atoms with Gasteiger partial charge in [0.15, 0.2) is 0 Å². The van der Waals surface area contributed by atoms with Crippen molar-refractivity contribution in [1.82, 2.24) is 0 Å². The molecule has 0 aromatic heterocycles. The molecule has 0 saturated heterocycles. The first-order chi connectivity index (χ1) is 6.51. The minimum absolute atomic E-state index is 0.130. The van der Waals surface area contributed by atoms with Crippen LogP contribution < -0.4 is 0 Å². The maximum absolute atomic E-state index is 11.8. The van der Waals surface area contributed by atoms with Crippen LogP contribution in [0.5, 0.6) is 0 Å². The van der Waals surface area contributed by atoms with E-state index in [2.05, 4.69) is 0 Å². The van der Waals surface area contributed by atoms with Gasteiger partial charge in [-0.1, -0.05) is 0 Å². The van der Waals surface area contributed by atoms with Crippen LogP contribution in [0.3, 0.4) is 0 Å². The molecule has 0 aliphatic heterocycles.